The van der Waals surface area contributed by atoms with Crippen molar-refractivity contribution in [1.82, 2.24) is 15.1 Å². The van der Waals surface area contributed by atoms with Crippen molar-refractivity contribution in [1.29, 1.82) is 0 Å². The fraction of sp³-hybridized carbons (Fsp3) is 0.955. The normalized spacial score (nSPS) is 14.4. The van der Waals surface area contributed by atoms with Gasteiger partial charge in [0, 0.05) is 57.4 Å². The summed E-state index contributed by atoms with van der Waals surface area (Å²) in [7, 11) is 0. The monoisotopic (exact) mass is 1070 g/mol. The molecule has 1 fully saturated rings. The van der Waals surface area contributed by atoms with Crippen LogP contribution in [0.25, 0.3) is 0 Å². The Hall–Kier alpha value is -1.71. The lowest BCUT2D eigenvalue weighted by Crippen LogP contribution is -2.43. The SMILES string of the molecule is CCCCCCCCCCC(=O)OCC(CCCCN(CCN(CCO)CCCCCC(=O)NCC(CCCCCC)CCCCCCCC)C1CCCCC1)COC(=O)CC(CCCCCC)CCCCCCCC. The molecule has 0 aromatic heterocycles. The molecule has 76 heavy (non-hydrogen) atoms. The fourth-order valence-corrected chi connectivity index (χ4v) is 11.8. The lowest BCUT2D eigenvalue weighted by Gasteiger charge is -2.36. The molecule has 0 heterocycles. The Morgan fingerprint density at radius 1 is 0.434 bits per heavy atom. The lowest BCUT2D eigenvalue weighted by molar-refractivity contribution is -0.150. The average Bonchev–Trinajstić information content (AvgIpc) is 3.42. The summed E-state index contributed by atoms with van der Waals surface area (Å²) in [4.78, 5) is 44.7. The number of hydrogen-bond donors (Lipinski definition) is 2. The molecular formula is C67H131N3O6. The topological polar surface area (TPSA) is 108 Å². The minimum atomic E-state index is -0.111. The van der Waals surface area contributed by atoms with E-state index in [1.54, 1.807) is 0 Å². The highest BCUT2D eigenvalue weighted by molar-refractivity contribution is 5.75. The first-order chi connectivity index (χ1) is 37.3. The molecule has 0 aliphatic heterocycles. The highest BCUT2D eigenvalue weighted by Crippen LogP contribution is 2.26. The average molecular weight is 1070 g/mol. The molecule has 0 bridgehead atoms. The van der Waals surface area contributed by atoms with Gasteiger partial charge >= 0.3 is 11.9 Å². The van der Waals surface area contributed by atoms with E-state index >= 15 is 0 Å². The van der Waals surface area contributed by atoms with Crippen molar-refractivity contribution in [3.05, 3.63) is 0 Å². The molecule has 0 saturated heterocycles. The number of aliphatic hydroxyl groups excluding tert-OH is 1. The number of aliphatic hydroxyl groups is 1. The van der Waals surface area contributed by atoms with E-state index in [0.717, 1.165) is 96.9 Å². The minimum Gasteiger partial charge on any atom is -0.465 e. The van der Waals surface area contributed by atoms with Crippen LogP contribution in [-0.2, 0) is 23.9 Å². The first kappa shape index (κ1) is 72.3. The van der Waals surface area contributed by atoms with Crippen LogP contribution in [0.5, 0.6) is 0 Å². The molecule has 1 aliphatic carbocycles. The number of rotatable bonds is 58. The Morgan fingerprint density at radius 2 is 0.855 bits per heavy atom. The highest BCUT2D eigenvalue weighted by atomic mass is 16.5. The Bertz CT molecular complexity index is 1260. The number of carbonyl (C=O) groups excluding carboxylic acids is 3. The van der Waals surface area contributed by atoms with Crippen molar-refractivity contribution in [2.75, 3.05) is 59.1 Å². The molecule has 2 N–H and O–H groups in total. The van der Waals surface area contributed by atoms with Gasteiger partial charge in [0.15, 0.2) is 0 Å². The molecule has 9 nitrogen and oxygen atoms in total. The van der Waals surface area contributed by atoms with Crippen molar-refractivity contribution in [2.24, 2.45) is 17.8 Å². The second-order valence-electron chi connectivity index (χ2n) is 24.2. The van der Waals surface area contributed by atoms with Crippen molar-refractivity contribution in [3.8, 4) is 0 Å². The summed E-state index contributed by atoms with van der Waals surface area (Å²) in [6.07, 6.45) is 54.0. The summed E-state index contributed by atoms with van der Waals surface area (Å²) < 4.78 is 12.0. The third-order valence-corrected chi connectivity index (χ3v) is 17.0. The predicted molar refractivity (Wildman–Crippen MR) is 325 cm³/mol. The lowest BCUT2D eigenvalue weighted by atomic mass is 9.91. The van der Waals surface area contributed by atoms with E-state index in [1.807, 2.05) is 0 Å². The number of unbranched alkanes of at least 4 members (excludes halogenated alkanes) is 26. The fourth-order valence-electron chi connectivity index (χ4n) is 11.8. The Labute approximate surface area is 472 Å². The van der Waals surface area contributed by atoms with Crippen LogP contribution in [0, 0.1) is 17.8 Å². The number of nitrogens with zero attached hydrogens (tertiary/aromatic N) is 2. The van der Waals surface area contributed by atoms with Crippen LogP contribution < -0.4 is 5.32 Å². The van der Waals surface area contributed by atoms with Crippen LogP contribution in [0.1, 0.15) is 330 Å². The second kappa shape index (κ2) is 55.2. The summed E-state index contributed by atoms with van der Waals surface area (Å²) in [5.74, 6) is 1.04. The van der Waals surface area contributed by atoms with Gasteiger partial charge in [0.2, 0.25) is 5.91 Å². The van der Waals surface area contributed by atoms with E-state index in [1.165, 1.54) is 212 Å². The molecule has 3 atom stereocenters. The minimum absolute atomic E-state index is 0.00873. The van der Waals surface area contributed by atoms with Gasteiger partial charge in [0.05, 0.1) is 19.8 Å². The molecule has 1 amide bonds. The van der Waals surface area contributed by atoms with Gasteiger partial charge in [0.25, 0.3) is 0 Å². The largest absolute Gasteiger partial charge is 0.465 e. The molecule has 3 unspecified atom stereocenters. The molecule has 9 heteroatoms. The molecule has 0 aromatic carbocycles. The molecule has 0 aromatic rings. The molecule has 0 spiro atoms. The third-order valence-electron chi connectivity index (χ3n) is 17.0. The van der Waals surface area contributed by atoms with Gasteiger partial charge in [-0.05, 0) is 95.6 Å². The van der Waals surface area contributed by atoms with Crippen molar-refractivity contribution in [2.45, 2.75) is 336 Å². The predicted octanol–water partition coefficient (Wildman–Crippen LogP) is 18.1. The number of hydrogen-bond acceptors (Lipinski definition) is 8. The van der Waals surface area contributed by atoms with Crippen LogP contribution in [0.15, 0.2) is 0 Å². The van der Waals surface area contributed by atoms with Crippen LogP contribution in [0.3, 0.4) is 0 Å². The van der Waals surface area contributed by atoms with E-state index in [2.05, 4.69) is 49.7 Å². The molecule has 450 valence electrons. The number of ether oxygens (including phenoxy) is 2. The maximum Gasteiger partial charge on any atom is 0.306 e. The smallest absolute Gasteiger partial charge is 0.306 e. The summed E-state index contributed by atoms with van der Waals surface area (Å²) >= 11 is 0. The number of nitrogens with one attached hydrogen (secondary N) is 1. The summed E-state index contributed by atoms with van der Waals surface area (Å²) in [6.45, 7) is 17.6. The van der Waals surface area contributed by atoms with Gasteiger partial charge in [-0.3, -0.25) is 24.2 Å². The van der Waals surface area contributed by atoms with E-state index in [0.29, 0.717) is 56.9 Å². The Balaban J connectivity index is 2.78. The van der Waals surface area contributed by atoms with Crippen molar-refractivity contribution >= 4 is 17.8 Å². The van der Waals surface area contributed by atoms with Gasteiger partial charge < -0.3 is 19.9 Å². The van der Waals surface area contributed by atoms with Gasteiger partial charge in [-0.2, -0.15) is 0 Å². The first-order valence-corrected chi connectivity index (χ1v) is 33.9. The van der Waals surface area contributed by atoms with E-state index < -0.39 is 0 Å². The highest BCUT2D eigenvalue weighted by Gasteiger charge is 2.23. The zero-order valence-electron chi connectivity index (χ0n) is 51.6. The van der Waals surface area contributed by atoms with Crippen molar-refractivity contribution < 1.29 is 29.0 Å². The maximum absolute atomic E-state index is 13.5. The van der Waals surface area contributed by atoms with Crippen molar-refractivity contribution in [3.63, 3.8) is 0 Å². The summed E-state index contributed by atoms with van der Waals surface area (Å²) in [5.41, 5.74) is 0. The quantitative estimate of drug-likeness (QED) is 0.0458. The summed E-state index contributed by atoms with van der Waals surface area (Å²) in [5, 5.41) is 13.4. The number of amides is 1. The first-order valence-electron chi connectivity index (χ1n) is 33.9. The number of carbonyl (C=O) groups is 3. The van der Waals surface area contributed by atoms with Crippen LogP contribution in [-0.4, -0.2) is 97.9 Å². The molecular weight excluding hydrogens is 943 g/mol. The van der Waals surface area contributed by atoms with Crippen LogP contribution in [0.4, 0.5) is 0 Å². The van der Waals surface area contributed by atoms with Gasteiger partial charge in [-0.15, -0.1) is 0 Å². The molecule has 1 rings (SSSR count). The van der Waals surface area contributed by atoms with E-state index in [9.17, 15) is 19.5 Å². The van der Waals surface area contributed by atoms with Gasteiger partial charge in [-0.1, -0.05) is 240 Å². The zero-order chi connectivity index (χ0) is 55.2. The molecule has 1 saturated carbocycles. The molecule has 1 aliphatic rings. The van der Waals surface area contributed by atoms with Crippen LogP contribution >= 0.6 is 0 Å². The van der Waals surface area contributed by atoms with E-state index in [-0.39, 0.29) is 30.4 Å². The van der Waals surface area contributed by atoms with E-state index in [4.69, 9.17) is 9.47 Å². The summed E-state index contributed by atoms with van der Waals surface area (Å²) in [6, 6.07) is 0.602. The third kappa shape index (κ3) is 45.1. The second-order valence-corrected chi connectivity index (χ2v) is 24.2. The Morgan fingerprint density at radius 3 is 1.39 bits per heavy atom. The Kier molecular flexibility index (Phi) is 52.5. The van der Waals surface area contributed by atoms with Crippen LogP contribution in [0.2, 0.25) is 0 Å². The van der Waals surface area contributed by atoms with Gasteiger partial charge in [-0.25, -0.2) is 0 Å². The standard InChI is InChI=1S/C67H131N3O6/c1-6-11-16-21-24-25-28-38-50-66(73)75-59-63(60-76-67(74)57-61(42-31-19-14-9-4)43-33-26-22-17-12-7-2)46-39-41-52-70(64-47-35-29-36-48-64)54-53-69(55-56-71)51-40-30-37-49-65(72)68-58-62(44-32-20-15-10-5)45-34-27-23-18-13-8-3/h61-64,71H,6-60H2,1-5H3,(H,68,72). The van der Waals surface area contributed by atoms with Gasteiger partial charge in [0.1, 0.15) is 0 Å². The molecule has 0 radical (unpaired) electrons. The zero-order valence-corrected chi connectivity index (χ0v) is 51.6. The maximum atomic E-state index is 13.5. The number of esters is 2.